The Morgan fingerprint density at radius 3 is 2.56 bits per heavy atom. The highest BCUT2D eigenvalue weighted by molar-refractivity contribution is 6.30. The molecule has 0 spiro atoms. The van der Waals surface area contributed by atoms with E-state index in [0.29, 0.717) is 11.1 Å². The molecule has 2 N–H and O–H groups in total. The lowest BCUT2D eigenvalue weighted by Crippen LogP contribution is -2.57. The van der Waals surface area contributed by atoms with Crippen LogP contribution in [0.1, 0.15) is 50.2 Å². The summed E-state index contributed by atoms with van der Waals surface area (Å²) in [6.07, 6.45) is 6.81. The van der Waals surface area contributed by atoms with Gasteiger partial charge in [-0.15, -0.1) is 0 Å². The average molecular weight is 480 g/mol. The molecule has 6 nitrogen and oxygen atoms in total. The van der Waals surface area contributed by atoms with E-state index in [1.165, 1.54) is 16.6 Å². The Labute approximate surface area is 206 Å². The van der Waals surface area contributed by atoms with Gasteiger partial charge in [0.1, 0.15) is 5.65 Å². The van der Waals surface area contributed by atoms with Crippen molar-refractivity contribution in [2.24, 2.45) is 0 Å². The van der Waals surface area contributed by atoms with Crippen LogP contribution in [0.4, 0.5) is 5.69 Å². The topological polar surface area (TPSA) is 64.3 Å². The van der Waals surface area contributed by atoms with Gasteiger partial charge in [-0.3, -0.25) is 4.79 Å². The Kier molecular flexibility index (Phi) is 6.54. The number of aromatic nitrogens is 2. The maximum atomic E-state index is 14.0. The molecular formula is C27H34ClN5O. The predicted molar refractivity (Wildman–Crippen MR) is 139 cm³/mol. The summed E-state index contributed by atoms with van der Waals surface area (Å²) in [5, 5.41) is 5.38. The van der Waals surface area contributed by atoms with Crippen LogP contribution in [0.25, 0.3) is 11.0 Å². The van der Waals surface area contributed by atoms with Crippen LogP contribution in [0.2, 0.25) is 5.02 Å². The molecule has 1 aromatic carbocycles. The monoisotopic (exact) mass is 479 g/mol. The van der Waals surface area contributed by atoms with Crippen molar-refractivity contribution in [3.05, 3.63) is 58.9 Å². The summed E-state index contributed by atoms with van der Waals surface area (Å²) in [7, 11) is 0. The summed E-state index contributed by atoms with van der Waals surface area (Å²) in [5.41, 5.74) is 4.43. The van der Waals surface area contributed by atoms with Crippen molar-refractivity contribution < 1.29 is 4.79 Å². The van der Waals surface area contributed by atoms with Crippen molar-refractivity contribution in [1.82, 2.24) is 20.2 Å². The van der Waals surface area contributed by atoms with Crippen LogP contribution in [0.5, 0.6) is 0 Å². The third-order valence-electron chi connectivity index (χ3n) is 7.38. The van der Waals surface area contributed by atoms with Crippen molar-refractivity contribution in [1.29, 1.82) is 0 Å². The summed E-state index contributed by atoms with van der Waals surface area (Å²) < 4.78 is 0. The Morgan fingerprint density at radius 1 is 1.18 bits per heavy atom. The molecule has 2 unspecified atom stereocenters. The molecule has 3 aromatic rings. The molecule has 34 heavy (non-hydrogen) atoms. The van der Waals surface area contributed by atoms with Crippen molar-refractivity contribution in [3.8, 4) is 0 Å². The van der Waals surface area contributed by atoms with Gasteiger partial charge in [-0.25, -0.2) is 4.98 Å². The number of piperazine rings is 1. The molecule has 2 saturated heterocycles. The normalized spacial score (nSPS) is 21.0. The van der Waals surface area contributed by atoms with E-state index in [-0.39, 0.29) is 23.9 Å². The second kappa shape index (κ2) is 9.59. The van der Waals surface area contributed by atoms with Crippen molar-refractivity contribution >= 4 is 34.2 Å². The van der Waals surface area contributed by atoms with E-state index in [0.717, 1.165) is 50.1 Å². The minimum atomic E-state index is -0.155. The van der Waals surface area contributed by atoms with Gasteiger partial charge in [0.15, 0.2) is 0 Å². The number of fused-ring (bicyclic) bond motifs is 3. The highest BCUT2D eigenvalue weighted by Crippen LogP contribution is 2.38. The molecule has 180 valence electrons. The molecule has 2 aliphatic heterocycles. The lowest BCUT2D eigenvalue weighted by molar-refractivity contribution is -0.136. The number of rotatable bonds is 7. The van der Waals surface area contributed by atoms with E-state index in [4.69, 9.17) is 11.6 Å². The minimum Gasteiger partial charge on any atom is -0.367 e. The van der Waals surface area contributed by atoms with Gasteiger partial charge in [-0.2, -0.15) is 0 Å². The number of H-pyrrole nitrogens is 1. The van der Waals surface area contributed by atoms with Crippen LogP contribution in [0.3, 0.4) is 0 Å². The lowest BCUT2D eigenvalue weighted by Gasteiger charge is -2.43. The van der Waals surface area contributed by atoms with Crippen LogP contribution in [0, 0.1) is 6.92 Å². The Hall–Kier alpha value is -2.57. The number of carbonyl (C=O) groups excluding carboxylic acids is 1. The SMILES string of the molecule is Cc1c[nH]c2nccc(N3CC4CCC(C3)N4C(=O)[C@H](CCNC(C)C)c3ccc(Cl)cc3)c12. The fraction of sp³-hybridized carbons (Fsp3) is 0.481. The van der Waals surface area contributed by atoms with E-state index in [9.17, 15) is 4.79 Å². The highest BCUT2D eigenvalue weighted by atomic mass is 35.5. The average Bonchev–Trinajstić information content (AvgIpc) is 3.33. The van der Waals surface area contributed by atoms with E-state index >= 15 is 0 Å². The maximum Gasteiger partial charge on any atom is 0.230 e. The van der Waals surface area contributed by atoms with Crippen molar-refractivity contribution in [3.63, 3.8) is 0 Å². The number of anilines is 1. The number of aromatic amines is 1. The van der Waals surface area contributed by atoms with Crippen LogP contribution >= 0.6 is 11.6 Å². The second-order valence-electron chi connectivity index (χ2n) is 10.1. The molecule has 1 amide bonds. The smallest absolute Gasteiger partial charge is 0.230 e. The first kappa shape index (κ1) is 23.2. The lowest BCUT2D eigenvalue weighted by atomic mass is 9.92. The number of benzene rings is 1. The molecule has 0 aliphatic carbocycles. The van der Waals surface area contributed by atoms with E-state index < -0.39 is 0 Å². The summed E-state index contributed by atoms with van der Waals surface area (Å²) in [5.74, 6) is 0.107. The zero-order valence-corrected chi connectivity index (χ0v) is 21.0. The summed E-state index contributed by atoms with van der Waals surface area (Å²) in [6.45, 7) is 8.95. The number of carbonyl (C=O) groups is 1. The van der Waals surface area contributed by atoms with Gasteiger partial charge in [-0.1, -0.05) is 37.6 Å². The standard InChI is InChI=1S/C27H34ClN5O/c1-17(2)29-12-10-23(19-4-6-20(28)7-5-19)27(34)33-21-8-9-22(33)16-32(15-21)24-11-13-30-26-25(24)18(3)14-31-26/h4-7,11,13-14,17,21-23,29H,8-10,12,15-16H2,1-3H3,(H,30,31)/t21?,22?,23-/m1/s1. The Morgan fingerprint density at radius 2 is 1.88 bits per heavy atom. The van der Waals surface area contributed by atoms with Gasteiger partial charge in [0.25, 0.3) is 0 Å². The molecule has 2 aromatic heterocycles. The number of hydrogen-bond acceptors (Lipinski definition) is 4. The Balaban J connectivity index is 1.38. The van der Waals surface area contributed by atoms with E-state index in [1.54, 1.807) is 0 Å². The van der Waals surface area contributed by atoms with Gasteiger partial charge in [-0.05, 0) is 62.1 Å². The molecule has 2 aliphatic rings. The van der Waals surface area contributed by atoms with Gasteiger partial charge >= 0.3 is 0 Å². The van der Waals surface area contributed by atoms with Gasteiger partial charge in [0, 0.05) is 59.7 Å². The second-order valence-corrected chi connectivity index (χ2v) is 10.5. The number of nitrogens with zero attached hydrogens (tertiary/aromatic N) is 3. The maximum absolute atomic E-state index is 14.0. The number of nitrogens with one attached hydrogen (secondary N) is 2. The van der Waals surface area contributed by atoms with Crippen LogP contribution in [-0.4, -0.2) is 58.5 Å². The molecule has 2 bridgehead atoms. The minimum absolute atomic E-state index is 0.155. The van der Waals surface area contributed by atoms with E-state index in [1.807, 2.05) is 36.7 Å². The van der Waals surface area contributed by atoms with Crippen molar-refractivity contribution in [2.45, 2.75) is 64.1 Å². The van der Waals surface area contributed by atoms with Crippen LogP contribution < -0.4 is 10.2 Å². The first-order valence-electron chi connectivity index (χ1n) is 12.4. The van der Waals surface area contributed by atoms with Crippen molar-refractivity contribution in [2.75, 3.05) is 24.5 Å². The van der Waals surface area contributed by atoms with Gasteiger partial charge in [0.05, 0.1) is 5.92 Å². The fourth-order valence-electron chi connectivity index (χ4n) is 5.75. The third-order valence-corrected chi connectivity index (χ3v) is 7.63. The summed E-state index contributed by atoms with van der Waals surface area (Å²) >= 11 is 6.15. The zero-order chi connectivity index (χ0) is 23.8. The fourth-order valence-corrected chi connectivity index (χ4v) is 5.87. The highest BCUT2D eigenvalue weighted by Gasteiger charge is 2.44. The third kappa shape index (κ3) is 4.41. The van der Waals surface area contributed by atoms with Crippen LogP contribution in [0.15, 0.2) is 42.7 Å². The summed E-state index contributed by atoms with van der Waals surface area (Å²) in [4.78, 5) is 26.5. The quantitative estimate of drug-likeness (QED) is 0.507. The molecule has 4 heterocycles. The zero-order valence-electron chi connectivity index (χ0n) is 20.2. The predicted octanol–water partition coefficient (Wildman–Crippen LogP) is 4.88. The first-order chi connectivity index (χ1) is 16.4. The number of aryl methyl sites for hydroxylation is 1. The van der Waals surface area contributed by atoms with Gasteiger partial charge < -0.3 is 20.1 Å². The van der Waals surface area contributed by atoms with Gasteiger partial charge in [0.2, 0.25) is 5.91 Å². The molecule has 5 rings (SSSR count). The molecular weight excluding hydrogens is 446 g/mol. The molecule has 0 radical (unpaired) electrons. The molecule has 7 heteroatoms. The molecule has 2 fully saturated rings. The van der Waals surface area contributed by atoms with E-state index in [2.05, 4.69) is 51.9 Å². The summed E-state index contributed by atoms with van der Waals surface area (Å²) in [6, 6.07) is 10.8. The molecule has 3 atom stereocenters. The molecule has 0 saturated carbocycles. The van der Waals surface area contributed by atoms with Crippen LogP contribution in [-0.2, 0) is 4.79 Å². The Bertz CT molecular complexity index is 1140. The first-order valence-corrected chi connectivity index (χ1v) is 12.8. The largest absolute Gasteiger partial charge is 0.367 e. The number of halogens is 1. The number of hydrogen-bond donors (Lipinski definition) is 2. The number of amides is 1. The number of pyridine rings is 1.